The van der Waals surface area contributed by atoms with Gasteiger partial charge in [0.15, 0.2) is 0 Å². The molecule has 3 saturated heterocycles. The van der Waals surface area contributed by atoms with Crippen molar-refractivity contribution >= 4 is 79.5 Å². The zero-order valence-corrected chi connectivity index (χ0v) is 31.7. The fourth-order valence-electron chi connectivity index (χ4n) is 7.33. The highest BCUT2D eigenvalue weighted by Crippen LogP contribution is 2.30. The van der Waals surface area contributed by atoms with E-state index in [1.54, 1.807) is 0 Å². The average molecular weight is 708 g/mol. The molecule has 3 heterocycles. The van der Waals surface area contributed by atoms with Gasteiger partial charge in [0.05, 0.1) is 0 Å². The third kappa shape index (κ3) is 10.7. The van der Waals surface area contributed by atoms with Gasteiger partial charge in [0.25, 0.3) is 0 Å². The van der Waals surface area contributed by atoms with Crippen LogP contribution in [0.25, 0.3) is 0 Å². The van der Waals surface area contributed by atoms with E-state index < -0.39 is 6.40 Å². The molecule has 49 heavy (non-hydrogen) atoms. The predicted molar refractivity (Wildman–Crippen MR) is 223 cm³/mol. The van der Waals surface area contributed by atoms with Gasteiger partial charge in [0, 0.05) is 43.6 Å². The number of hydrogen-bond acceptors (Lipinski definition) is 15. The number of hydrogen-bond donors (Lipinski definition) is 12. The standard InChI is InChI=1S/C25H57B8ClN14S/c1-10-19-35-29-39-26(38-28(34)42-29)24(15-6,16-7)47(22-13-4)32-41-27(40-30(43-32)36-20-11-2)25(17-8,18-9)48(23-14-5)33-44-31(37-21-12-3)45-49-46-33/h10-14,35-46H,1-5,15-23H2,6-9H3. The van der Waals surface area contributed by atoms with Gasteiger partial charge in [-0.25, -0.2) is 0 Å². The molecule has 12 N–H and O–H groups in total. The van der Waals surface area contributed by atoms with Gasteiger partial charge in [-0.3, -0.25) is 9.27 Å². The molecule has 0 aromatic heterocycles. The number of halogens is 1. The molecule has 0 spiro atoms. The summed E-state index contributed by atoms with van der Waals surface area (Å²) in [6, 6.07) is 0. The lowest BCUT2D eigenvalue weighted by Crippen LogP contribution is -2.92. The topological polar surface area (TPSA) is 151 Å². The lowest BCUT2D eigenvalue weighted by molar-refractivity contribution is 0.250. The van der Waals surface area contributed by atoms with Crippen molar-refractivity contribution in [2.75, 3.05) is 32.7 Å². The molecule has 14 nitrogen and oxygen atoms in total. The van der Waals surface area contributed by atoms with Gasteiger partial charge in [-0.1, -0.05) is 58.1 Å². The van der Waals surface area contributed by atoms with E-state index in [0.717, 1.165) is 25.7 Å². The third-order valence-corrected chi connectivity index (χ3v) is 10.9. The minimum absolute atomic E-state index is 0.116. The average Bonchev–Trinajstić information content (AvgIpc) is 3.12. The minimum atomic E-state index is -0.437. The van der Waals surface area contributed by atoms with Gasteiger partial charge in [-0.05, 0) is 37.8 Å². The number of nitrogens with zero attached hydrogens (tertiary/aromatic N) is 2. The predicted octanol–water partition coefficient (Wildman–Crippen LogP) is -1.48. The Morgan fingerprint density at radius 1 is 0.571 bits per heavy atom. The van der Waals surface area contributed by atoms with Gasteiger partial charge in [-0.15, -0.1) is 32.9 Å². The summed E-state index contributed by atoms with van der Waals surface area (Å²) in [5, 5.41) is 36.7. The molecule has 0 atom stereocenters. The van der Waals surface area contributed by atoms with Crippen LogP contribution in [0.4, 0.5) is 0 Å². The zero-order chi connectivity index (χ0) is 35.9. The van der Waals surface area contributed by atoms with Crippen molar-refractivity contribution in [2.24, 2.45) is 0 Å². The second-order valence-electron chi connectivity index (χ2n) is 12.4. The maximum atomic E-state index is 6.78. The summed E-state index contributed by atoms with van der Waals surface area (Å²) in [5.74, 6) is 0. The van der Waals surface area contributed by atoms with Crippen molar-refractivity contribution < 1.29 is 0 Å². The molecular formula is C25H57B8ClN14S. The quantitative estimate of drug-likeness (QED) is 0.0340. The molecule has 0 saturated carbocycles. The summed E-state index contributed by atoms with van der Waals surface area (Å²) in [6.45, 7) is 32.0. The summed E-state index contributed by atoms with van der Waals surface area (Å²) in [6.07, 6.45) is 12.5. The second-order valence-corrected chi connectivity index (χ2v) is 13.5. The molecule has 0 bridgehead atoms. The van der Waals surface area contributed by atoms with Crippen LogP contribution in [0, 0.1) is 0 Å². The second kappa shape index (κ2) is 21.7. The van der Waals surface area contributed by atoms with E-state index in [0.29, 0.717) is 32.7 Å². The van der Waals surface area contributed by atoms with Crippen molar-refractivity contribution in [3.8, 4) is 0 Å². The molecule has 3 aliphatic heterocycles. The van der Waals surface area contributed by atoms with Crippen LogP contribution in [0.1, 0.15) is 53.4 Å². The van der Waals surface area contributed by atoms with E-state index in [-0.39, 0.29) is 60.4 Å². The maximum Gasteiger partial charge on any atom is 0.400 e. The van der Waals surface area contributed by atoms with Crippen LogP contribution in [0.15, 0.2) is 63.3 Å². The van der Waals surface area contributed by atoms with E-state index in [1.165, 1.54) is 12.1 Å². The molecule has 0 amide bonds. The Hall–Kier alpha value is -0.701. The third-order valence-electron chi connectivity index (χ3n) is 9.96. The van der Waals surface area contributed by atoms with Crippen LogP contribution >= 0.6 is 23.6 Å². The highest BCUT2D eigenvalue weighted by molar-refractivity contribution is 7.98. The summed E-state index contributed by atoms with van der Waals surface area (Å²) in [5.41, 5.74) is -0.741. The molecule has 0 aromatic rings. The van der Waals surface area contributed by atoms with Gasteiger partial charge in [-0.2, -0.15) is 11.5 Å². The minimum Gasteiger partial charge on any atom is -0.356 e. The van der Waals surface area contributed by atoms with Crippen LogP contribution in [0.5, 0.6) is 0 Å². The lowest BCUT2D eigenvalue weighted by atomic mass is 9.40. The summed E-state index contributed by atoms with van der Waals surface area (Å²) < 4.78 is 6.93. The summed E-state index contributed by atoms with van der Waals surface area (Å²) >= 11 is 8.26. The Morgan fingerprint density at radius 2 is 1.02 bits per heavy atom. The molecule has 0 unspecified atom stereocenters. The number of nitrogens with one attached hydrogen (secondary N) is 12. The van der Waals surface area contributed by atoms with Crippen molar-refractivity contribution in [1.29, 1.82) is 0 Å². The monoisotopic (exact) mass is 709 g/mol. The summed E-state index contributed by atoms with van der Waals surface area (Å²) in [7, 11) is -0.965. The maximum absolute atomic E-state index is 6.78. The molecule has 3 aliphatic rings. The largest absolute Gasteiger partial charge is 0.400 e. The first kappa shape index (κ1) is 42.7. The van der Waals surface area contributed by atoms with E-state index >= 15 is 0 Å². The first-order chi connectivity index (χ1) is 23.8. The van der Waals surface area contributed by atoms with E-state index in [9.17, 15) is 0 Å². The first-order valence-electron chi connectivity index (χ1n) is 17.7. The van der Waals surface area contributed by atoms with Crippen molar-refractivity contribution in [3.63, 3.8) is 0 Å². The van der Waals surface area contributed by atoms with Gasteiger partial charge < -0.3 is 61.3 Å². The van der Waals surface area contributed by atoms with Gasteiger partial charge in [0.1, 0.15) is 0 Å². The van der Waals surface area contributed by atoms with Crippen LogP contribution < -0.4 is 60.9 Å². The molecular weight excluding hydrogens is 650 g/mol. The van der Waals surface area contributed by atoms with Gasteiger partial charge >= 0.3 is 56.0 Å². The van der Waals surface area contributed by atoms with Crippen molar-refractivity contribution in [3.05, 3.63) is 63.3 Å². The Kier molecular flexibility index (Phi) is 18.9. The normalized spacial score (nSPS) is 18.1. The Bertz CT molecular complexity index is 1060. The Morgan fingerprint density at radius 3 is 1.51 bits per heavy atom. The van der Waals surface area contributed by atoms with Crippen LogP contribution in [0.3, 0.4) is 0 Å². The van der Waals surface area contributed by atoms with Crippen LogP contribution in [-0.4, -0.2) is 109 Å². The molecule has 264 valence electrons. The van der Waals surface area contributed by atoms with E-state index in [4.69, 9.17) is 11.5 Å². The molecule has 0 aliphatic carbocycles. The Balaban J connectivity index is 2.05. The highest BCUT2D eigenvalue weighted by Gasteiger charge is 2.57. The fraction of sp³-hybridized carbons (Fsp3) is 0.600. The molecule has 3 fully saturated rings. The van der Waals surface area contributed by atoms with Crippen molar-refractivity contribution in [2.45, 2.75) is 64.3 Å². The fourth-order valence-corrected chi connectivity index (χ4v) is 8.22. The molecule has 0 aromatic carbocycles. The van der Waals surface area contributed by atoms with Gasteiger partial charge in [0.2, 0.25) is 0 Å². The first-order valence-corrected chi connectivity index (χ1v) is 18.9. The highest BCUT2D eigenvalue weighted by atomic mass is 35.5. The SMILES string of the molecule is C=CCNB1NSNB(N(CC=C)C(CC)(CC)B2NB(NCC=C)NB(N(CC=C)C(CC)(CC)B3NB(Cl)NB(NCC=C)N3)N2)N1. The Labute approximate surface area is 309 Å². The lowest BCUT2D eigenvalue weighted by Gasteiger charge is -2.56. The van der Waals surface area contributed by atoms with Crippen LogP contribution in [0.2, 0.25) is 0 Å². The van der Waals surface area contributed by atoms with E-state index in [2.05, 4.69) is 131 Å². The molecule has 3 rings (SSSR count). The summed E-state index contributed by atoms with van der Waals surface area (Å²) in [4.78, 5) is 4.96. The van der Waals surface area contributed by atoms with Crippen LogP contribution in [-0.2, 0) is 0 Å². The zero-order valence-electron chi connectivity index (χ0n) is 30.1. The smallest absolute Gasteiger partial charge is 0.356 e. The van der Waals surface area contributed by atoms with Crippen molar-refractivity contribution in [1.82, 2.24) is 70.5 Å². The molecule has 24 heteroatoms. The van der Waals surface area contributed by atoms with E-state index in [1.807, 2.05) is 30.4 Å². The molecule has 0 radical (unpaired) electrons. The number of rotatable bonds is 23.